The van der Waals surface area contributed by atoms with Gasteiger partial charge in [-0.05, 0) is 25.9 Å². The first-order valence-corrected chi connectivity index (χ1v) is 7.13. The van der Waals surface area contributed by atoms with E-state index in [1.54, 1.807) is 0 Å². The number of carbonyl (C=O) groups is 2. The smallest absolute Gasteiger partial charge is 0.134 e. The topological polar surface area (TPSA) is 40.6 Å². The first-order valence-electron chi connectivity index (χ1n) is 7.13. The summed E-state index contributed by atoms with van der Waals surface area (Å²) in [6.07, 6.45) is 6.57. The molecule has 2 atom stereocenters. The lowest BCUT2D eigenvalue weighted by Crippen LogP contribution is -2.54. The van der Waals surface area contributed by atoms with Crippen LogP contribution in [-0.4, -0.2) is 60.6 Å². The number of nitrogens with zero attached hydrogens (tertiary/aromatic N) is 2. The van der Waals surface area contributed by atoms with E-state index in [2.05, 4.69) is 18.7 Å². The summed E-state index contributed by atoms with van der Waals surface area (Å²) in [6.45, 7) is 7.18. The van der Waals surface area contributed by atoms with E-state index in [0.717, 1.165) is 32.1 Å². The Balaban J connectivity index is 2.77. The van der Waals surface area contributed by atoms with Gasteiger partial charge in [0.05, 0.1) is 13.1 Å². The van der Waals surface area contributed by atoms with Crippen LogP contribution in [0.3, 0.4) is 0 Å². The summed E-state index contributed by atoms with van der Waals surface area (Å²) in [6, 6.07) is 0.850. The first kappa shape index (κ1) is 15.3. The molecular formula is C14H26N2O2. The third-order valence-electron chi connectivity index (χ3n) is 4.06. The lowest BCUT2D eigenvalue weighted by atomic mass is 9.88. The summed E-state index contributed by atoms with van der Waals surface area (Å²) in [5.41, 5.74) is 0. The second-order valence-corrected chi connectivity index (χ2v) is 4.93. The van der Waals surface area contributed by atoms with Crippen molar-refractivity contribution in [1.82, 2.24) is 9.80 Å². The van der Waals surface area contributed by atoms with Crippen LogP contribution in [-0.2, 0) is 9.59 Å². The average molecular weight is 254 g/mol. The molecule has 0 heterocycles. The molecule has 104 valence electrons. The first-order chi connectivity index (χ1) is 8.78. The van der Waals surface area contributed by atoms with E-state index in [1.165, 1.54) is 19.3 Å². The summed E-state index contributed by atoms with van der Waals surface area (Å²) in [4.78, 5) is 26.1. The van der Waals surface area contributed by atoms with Crippen molar-refractivity contribution in [3.05, 3.63) is 0 Å². The van der Waals surface area contributed by atoms with Crippen molar-refractivity contribution >= 4 is 12.6 Å². The van der Waals surface area contributed by atoms with Crippen molar-refractivity contribution in [2.75, 3.05) is 26.2 Å². The normalized spacial score (nSPS) is 24.4. The van der Waals surface area contributed by atoms with Crippen molar-refractivity contribution < 1.29 is 9.59 Å². The van der Waals surface area contributed by atoms with Gasteiger partial charge in [-0.1, -0.05) is 26.7 Å². The highest BCUT2D eigenvalue weighted by Crippen LogP contribution is 2.26. The summed E-state index contributed by atoms with van der Waals surface area (Å²) in [5.74, 6) is 0. The van der Waals surface area contributed by atoms with Gasteiger partial charge in [-0.25, -0.2) is 0 Å². The van der Waals surface area contributed by atoms with Crippen molar-refractivity contribution in [3.8, 4) is 0 Å². The standard InChI is InChI=1S/C14H26N2O2/c1-3-15(4-2)13-7-5-6-8-14(13)16(9-11-17)10-12-18/h11-14H,3-10H2,1-2H3/t13-,14?/m0/s1. The minimum absolute atomic E-state index is 0.356. The highest BCUT2D eigenvalue weighted by atomic mass is 16.1. The van der Waals surface area contributed by atoms with E-state index in [0.29, 0.717) is 25.2 Å². The molecule has 0 aromatic carbocycles. The van der Waals surface area contributed by atoms with Crippen molar-refractivity contribution in [3.63, 3.8) is 0 Å². The molecule has 0 aromatic heterocycles. The maximum Gasteiger partial charge on any atom is 0.134 e. The molecule has 0 spiro atoms. The molecule has 0 saturated heterocycles. The SMILES string of the molecule is CCN(CC)[C@H]1CCCCC1N(CC=O)CC=O. The number of likely N-dealkylation sites (N-methyl/N-ethyl adjacent to an activating group) is 1. The predicted octanol–water partition coefficient (Wildman–Crippen LogP) is 1.34. The fourth-order valence-electron chi connectivity index (χ4n) is 3.17. The van der Waals surface area contributed by atoms with Gasteiger partial charge in [0.1, 0.15) is 12.6 Å². The lowest BCUT2D eigenvalue weighted by Gasteiger charge is -2.43. The Morgan fingerprint density at radius 2 is 1.33 bits per heavy atom. The Morgan fingerprint density at radius 1 is 0.889 bits per heavy atom. The largest absolute Gasteiger partial charge is 0.302 e. The van der Waals surface area contributed by atoms with E-state index in [1.807, 2.05) is 4.90 Å². The van der Waals surface area contributed by atoms with E-state index in [9.17, 15) is 9.59 Å². The lowest BCUT2D eigenvalue weighted by molar-refractivity contribution is -0.113. The number of aldehydes is 2. The fourth-order valence-corrected chi connectivity index (χ4v) is 3.17. The quantitative estimate of drug-likeness (QED) is 0.613. The van der Waals surface area contributed by atoms with Gasteiger partial charge in [-0.2, -0.15) is 0 Å². The zero-order valence-electron chi connectivity index (χ0n) is 11.7. The van der Waals surface area contributed by atoms with Crippen molar-refractivity contribution in [2.24, 2.45) is 0 Å². The van der Waals surface area contributed by atoms with Crippen LogP contribution >= 0.6 is 0 Å². The summed E-state index contributed by atoms with van der Waals surface area (Å²) in [7, 11) is 0. The Labute approximate surface area is 110 Å². The molecular weight excluding hydrogens is 228 g/mol. The van der Waals surface area contributed by atoms with Gasteiger partial charge in [0, 0.05) is 12.1 Å². The minimum atomic E-state index is 0.356. The number of hydrogen-bond donors (Lipinski definition) is 0. The van der Waals surface area contributed by atoms with E-state index in [4.69, 9.17) is 0 Å². The molecule has 18 heavy (non-hydrogen) atoms. The molecule has 0 N–H and O–H groups in total. The van der Waals surface area contributed by atoms with Crippen LogP contribution in [0.2, 0.25) is 0 Å². The summed E-state index contributed by atoms with van der Waals surface area (Å²) in [5, 5.41) is 0. The Kier molecular flexibility index (Phi) is 7.13. The van der Waals surface area contributed by atoms with Gasteiger partial charge >= 0.3 is 0 Å². The molecule has 1 saturated carbocycles. The van der Waals surface area contributed by atoms with Crippen molar-refractivity contribution in [1.29, 1.82) is 0 Å². The van der Waals surface area contributed by atoms with Gasteiger partial charge in [0.15, 0.2) is 0 Å². The van der Waals surface area contributed by atoms with Gasteiger partial charge in [0.2, 0.25) is 0 Å². The van der Waals surface area contributed by atoms with E-state index < -0.39 is 0 Å². The minimum Gasteiger partial charge on any atom is -0.302 e. The molecule has 1 aliphatic carbocycles. The molecule has 4 heteroatoms. The zero-order valence-corrected chi connectivity index (χ0v) is 11.7. The molecule has 1 fully saturated rings. The van der Waals surface area contributed by atoms with Crippen LogP contribution in [0, 0.1) is 0 Å². The summed E-state index contributed by atoms with van der Waals surface area (Å²) >= 11 is 0. The average Bonchev–Trinajstić information content (AvgIpc) is 2.41. The Hall–Kier alpha value is -0.740. The molecule has 0 aromatic rings. The molecule has 0 aliphatic heterocycles. The van der Waals surface area contributed by atoms with Gasteiger partial charge in [0.25, 0.3) is 0 Å². The molecule has 1 rings (SSSR count). The maximum absolute atomic E-state index is 10.8. The highest BCUT2D eigenvalue weighted by molar-refractivity contribution is 5.56. The van der Waals surface area contributed by atoms with Crippen molar-refractivity contribution in [2.45, 2.75) is 51.6 Å². The molecule has 1 aliphatic rings. The number of carbonyl (C=O) groups excluding carboxylic acids is 2. The van der Waals surface area contributed by atoms with Crippen LogP contribution in [0.4, 0.5) is 0 Å². The van der Waals surface area contributed by atoms with Crippen LogP contribution in [0.1, 0.15) is 39.5 Å². The maximum atomic E-state index is 10.8. The van der Waals surface area contributed by atoms with Crippen LogP contribution in [0.15, 0.2) is 0 Å². The van der Waals surface area contributed by atoms with Crippen LogP contribution < -0.4 is 0 Å². The predicted molar refractivity (Wildman–Crippen MR) is 72.7 cm³/mol. The highest BCUT2D eigenvalue weighted by Gasteiger charge is 2.32. The van der Waals surface area contributed by atoms with Crippen LogP contribution in [0.25, 0.3) is 0 Å². The second kappa shape index (κ2) is 8.38. The molecule has 0 bridgehead atoms. The third kappa shape index (κ3) is 3.89. The number of hydrogen-bond acceptors (Lipinski definition) is 4. The third-order valence-corrected chi connectivity index (χ3v) is 4.06. The van der Waals surface area contributed by atoms with Gasteiger partial charge < -0.3 is 9.59 Å². The molecule has 1 unspecified atom stereocenters. The van der Waals surface area contributed by atoms with E-state index in [-0.39, 0.29) is 0 Å². The molecule has 0 amide bonds. The van der Waals surface area contributed by atoms with E-state index >= 15 is 0 Å². The fraction of sp³-hybridized carbons (Fsp3) is 0.857. The molecule has 0 radical (unpaired) electrons. The Morgan fingerprint density at radius 3 is 1.72 bits per heavy atom. The van der Waals surface area contributed by atoms with Gasteiger partial charge in [-0.15, -0.1) is 0 Å². The van der Waals surface area contributed by atoms with Crippen LogP contribution in [0.5, 0.6) is 0 Å². The molecule has 4 nitrogen and oxygen atoms in total. The Bertz CT molecular complexity index is 244. The van der Waals surface area contributed by atoms with Gasteiger partial charge in [-0.3, -0.25) is 9.80 Å². The summed E-state index contributed by atoms with van der Waals surface area (Å²) < 4.78 is 0. The second-order valence-electron chi connectivity index (χ2n) is 4.93. The zero-order chi connectivity index (χ0) is 13.4. The monoisotopic (exact) mass is 254 g/mol. The number of rotatable bonds is 8.